The molecule has 3 heterocycles. The van der Waals surface area contributed by atoms with Crippen molar-refractivity contribution in [2.75, 3.05) is 25.1 Å². The number of rotatable bonds is 4. The Kier molecular flexibility index (Phi) is 4.74. The summed E-state index contributed by atoms with van der Waals surface area (Å²) in [6.07, 6.45) is -0.0493. The number of methoxy groups -OCH3 is 1. The molecule has 0 saturated carbocycles. The van der Waals surface area contributed by atoms with Crippen LogP contribution >= 0.6 is 11.3 Å². The number of halogens is 3. The standard InChI is InChI=1S/C14H15F3N4O2S/c1-22-10-5-18-12(19-6-10)23-9-3-2-4-21(7-9)13-20-11(8-24-13)14(15,16)17/h5-6,8-9H,2-4,7H2,1H3. The van der Waals surface area contributed by atoms with E-state index >= 15 is 0 Å². The Morgan fingerprint density at radius 1 is 1.29 bits per heavy atom. The second-order valence-corrected chi connectivity index (χ2v) is 6.08. The van der Waals surface area contributed by atoms with Gasteiger partial charge in [-0.2, -0.15) is 23.1 Å². The summed E-state index contributed by atoms with van der Waals surface area (Å²) in [6.45, 7) is 1.09. The van der Waals surface area contributed by atoms with Crippen LogP contribution < -0.4 is 14.4 Å². The molecule has 0 bridgehead atoms. The molecule has 0 spiro atoms. The minimum absolute atomic E-state index is 0.203. The van der Waals surface area contributed by atoms with E-state index < -0.39 is 11.9 Å². The van der Waals surface area contributed by atoms with E-state index in [9.17, 15) is 13.2 Å². The van der Waals surface area contributed by atoms with Crippen LogP contribution in [0.15, 0.2) is 17.8 Å². The molecule has 2 aromatic heterocycles. The van der Waals surface area contributed by atoms with Crippen molar-refractivity contribution in [1.29, 1.82) is 0 Å². The lowest BCUT2D eigenvalue weighted by molar-refractivity contribution is -0.140. The van der Waals surface area contributed by atoms with Gasteiger partial charge in [-0.25, -0.2) is 4.98 Å². The molecule has 6 nitrogen and oxygen atoms in total. The van der Waals surface area contributed by atoms with Crippen LogP contribution in [0.3, 0.4) is 0 Å². The second kappa shape index (κ2) is 6.80. The van der Waals surface area contributed by atoms with Gasteiger partial charge in [-0.1, -0.05) is 0 Å². The van der Waals surface area contributed by atoms with E-state index in [1.165, 1.54) is 19.5 Å². The number of nitrogens with zero attached hydrogens (tertiary/aromatic N) is 4. The highest BCUT2D eigenvalue weighted by Gasteiger charge is 2.35. The van der Waals surface area contributed by atoms with Crippen LogP contribution in [0.1, 0.15) is 18.5 Å². The fourth-order valence-corrected chi connectivity index (χ4v) is 3.24. The van der Waals surface area contributed by atoms with Crippen LogP contribution in [0.5, 0.6) is 11.8 Å². The Hall–Kier alpha value is -2.10. The van der Waals surface area contributed by atoms with Crippen molar-refractivity contribution in [1.82, 2.24) is 15.0 Å². The quantitative estimate of drug-likeness (QED) is 0.835. The molecule has 1 saturated heterocycles. The molecule has 1 atom stereocenters. The molecule has 10 heteroatoms. The van der Waals surface area contributed by atoms with Gasteiger partial charge < -0.3 is 14.4 Å². The molecular formula is C14H15F3N4O2S. The topological polar surface area (TPSA) is 60.4 Å². The molecule has 0 radical (unpaired) electrons. The third-order valence-electron chi connectivity index (χ3n) is 3.54. The number of anilines is 1. The Morgan fingerprint density at radius 2 is 2.04 bits per heavy atom. The fraction of sp³-hybridized carbons (Fsp3) is 0.500. The highest BCUT2D eigenvalue weighted by atomic mass is 32.1. The summed E-state index contributed by atoms with van der Waals surface area (Å²) in [5, 5.41) is 1.39. The van der Waals surface area contributed by atoms with Crippen molar-refractivity contribution in [3.05, 3.63) is 23.5 Å². The Balaban J connectivity index is 1.64. The Morgan fingerprint density at radius 3 is 2.67 bits per heavy atom. The van der Waals surface area contributed by atoms with E-state index in [1.807, 2.05) is 0 Å². The fourth-order valence-electron chi connectivity index (χ4n) is 2.37. The highest BCUT2D eigenvalue weighted by Crippen LogP contribution is 2.34. The van der Waals surface area contributed by atoms with Gasteiger partial charge in [0.15, 0.2) is 16.6 Å². The zero-order chi connectivity index (χ0) is 17.2. The van der Waals surface area contributed by atoms with Crippen molar-refractivity contribution in [2.24, 2.45) is 0 Å². The molecule has 0 N–H and O–H groups in total. The maximum atomic E-state index is 12.7. The van der Waals surface area contributed by atoms with Gasteiger partial charge in [0, 0.05) is 11.9 Å². The molecule has 1 aliphatic rings. The number of hydrogen-bond acceptors (Lipinski definition) is 7. The molecule has 24 heavy (non-hydrogen) atoms. The summed E-state index contributed by atoms with van der Waals surface area (Å²) in [5.74, 6) is 0.523. The molecule has 2 aromatic rings. The molecular weight excluding hydrogens is 345 g/mol. The highest BCUT2D eigenvalue weighted by molar-refractivity contribution is 7.13. The third kappa shape index (κ3) is 3.86. The molecule has 0 aromatic carbocycles. The number of thiazole rings is 1. The lowest BCUT2D eigenvalue weighted by Gasteiger charge is -2.32. The van der Waals surface area contributed by atoms with Crippen molar-refractivity contribution in [2.45, 2.75) is 25.1 Å². The Bertz CT molecular complexity index is 677. The zero-order valence-electron chi connectivity index (χ0n) is 12.8. The SMILES string of the molecule is COc1cnc(OC2CCCN(c3nc(C(F)(F)F)cs3)C2)nc1. The first-order chi connectivity index (χ1) is 11.5. The number of aromatic nitrogens is 3. The largest absolute Gasteiger partial charge is 0.494 e. The van der Waals surface area contributed by atoms with Gasteiger partial charge >= 0.3 is 12.2 Å². The smallest absolute Gasteiger partial charge is 0.434 e. The second-order valence-electron chi connectivity index (χ2n) is 5.25. The summed E-state index contributed by atoms with van der Waals surface area (Å²) in [6, 6.07) is 0.220. The Labute approximate surface area is 140 Å². The minimum atomic E-state index is -4.42. The average molecular weight is 360 g/mol. The number of ether oxygens (including phenoxy) is 2. The van der Waals surface area contributed by atoms with Crippen molar-refractivity contribution in [3.8, 4) is 11.8 Å². The maximum Gasteiger partial charge on any atom is 0.434 e. The van der Waals surface area contributed by atoms with Crippen LogP contribution in [0.25, 0.3) is 0 Å². The molecule has 1 aliphatic heterocycles. The number of alkyl halides is 3. The normalized spacial score (nSPS) is 18.5. The van der Waals surface area contributed by atoms with Crippen LogP contribution in [-0.2, 0) is 6.18 Å². The van der Waals surface area contributed by atoms with E-state index in [1.54, 1.807) is 4.90 Å². The van der Waals surface area contributed by atoms with Crippen molar-refractivity contribution < 1.29 is 22.6 Å². The van der Waals surface area contributed by atoms with E-state index in [0.717, 1.165) is 29.6 Å². The summed E-state index contributed by atoms with van der Waals surface area (Å²) in [4.78, 5) is 13.6. The minimum Gasteiger partial charge on any atom is -0.494 e. The summed E-state index contributed by atoms with van der Waals surface area (Å²) in [5.41, 5.74) is -0.857. The summed E-state index contributed by atoms with van der Waals surface area (Å²) in [7, 11) is 1.52. The van der Waals surface area contributed by atoms with Gasteiger partial charge in [-0.15, -0.1) is 11.3 Å². The van der Waals surface area contributed by atoms with Gasteiger partial charge in [-0.3, -0.25) is 0 Å². The van der Waals surface area contributed by atoms with Gasteiger partial charge in [-0.05, 0) is 12.8 Å². The average Bonchev–Trinajstić information content (AvgIpc) is 3.06. The molecule has 1 unspecified atom stereocenters. The predicted octanol–water partition coefficient (Wildman–Crippen LogP) is 3.01. The van der Waals surface area contributed by atoms with Crippen LogP contribution in [-0.4, -0.2) is 41.3 Å². The predicted molar refractivity (Wildman–Crippen MR) is 81.6 cm³/mol. The number of piperidine rings is 1. The zero-order valence-corrected chi connectivity index (χ0v) is 13.6. The van der Waals surface area contributed by atoms with Gasteiger partial charge in [0.05, 0.1) is 26.0 Å². The first-order valence-corrected chi connectivity index (χ1v) is 8.14. The van der Waals surface area contributed by atoms with Crippen molar-refractivity contribution in [3.63, 3.8) is 0 Å². The summed E-state index contributed by atoms with van der Waals surface area (Å²) < 4.78 is 48.7. The summed E-state index contributed by atoms with van der Waals surface area (Å²) >= 11 is 0.988. The van der Waals surface area contributed by atoms with Crippen LogP contribution in [0.2, 0.25) is 0 Å². The van der Waals surface area contributed by atoms with E-state index in [-0.39, 0.29) is 12.1 Å². The van der Waals surface area contributed by atoms with E-state index in [4.69, 9.17) is 9.47 Å². The maximum absolute atomic E-state index is 12.7. The van der Waals surface area contributed by atoms with E-state index in [0.29, 0.717) is 24.0 Å². The number of hydrogen-bond donors (Lipinski definition) is 0. The van der Waals surface area contributed by atoms with Crippen LogP contribution in [0.4, 0.5) is 18.3 Å². The van der Waals surface area contributed by atoms with Crippen molar-refractivity contribution >= 4 is 16.5 Å². The van der Waals surface area contributed by atoms with Crippen LogP contribution in [0, 0.1) is 0 Å². The molecule has 0 aliphatic carbocycles. The van der Waals surface area contributed by atoms with Gasteiger partial charge in [0.25, 0.3) is 0 Å². The monoisotopic (exact) mass is 360 g/mol. The molecule has 0 amide bonds. The van der Waals surface area contributed by atoms with Gasteiger partial charge in [0.2, 0.25) is 0 Å². The molecule has 3 rings (SSSR count). The van der Waals surface area contributed by atoms with E-state index in [2.05, 4.69) is 15.0 Å². The first-order valence-electron chi connectivity index (χ1n) is 7.26. The lowest BCUT2D eigenvalue weighted by atomic mass is 10.1. The lowest BCUT2D eigenvalue weighted by Crippen LogP contribution is -2.41. The van der Waals surface area contributed by atoms with Gasteiger partial charge in [0.1, 0.15) is 6.10 Å². The molecule has 130 valence electrons. The third-order valence-corrected chi connectivity index (χ3v) is 4.44. The first kappa shape index (κ1) is 16.7. The molecule has 1 fully saturated rings.